The average molecular weight is 315 g/mol. The zero-order chi connectivity index (χ0) is 13.8. The largest absolute Gasteiger partial charge is 0.398 e. The average Bonchev–Trinajstić information content (AvgIpc) is 2.85. The molecular formula is C11H11ClN4OS2. The molecule has 0 saturated heterocycles. The molecule has 1 amide bonds. The van der Waals surface area contributed by atoms with E-state index in [1.54, 1.807) is 12.1 Å². The van der Waals surface area contributed by atoms with Gasteiger partial charge in [-0.3, -0.25) is 10.2 Å². The number of anilines is 1. The van der Waals surface area contributed by atoms with Crippen LogP contribution < -0.4 is 17.0 Å². The Bertz CT molecular complexity index is 602. The number of carbonyl (C=O) groups excluding carboxylic acids is 1. The van der Waals surface area contributed by atoms with Gasteiger partial charge in [-0.2, -0.15) is 0 Å². The van der Waals surface area contributed by atoms with Gasteiger partial charge in [-0.15, -0.1) is 23.1 Å². The predicted octanol–water partition coefficient (Wildman–Crippen LogP) is 2.27. The molecular weight excluding hydrogens is 304 g/mol. The fraction of sp³-hybridized carbons (Fsp3) is 0.0909. The van der Waals surface area contributed by atoms with Crippen LogP contribution in [0.3, 0.4) is 0 Å². The Labute approximate surface area is 123 Å². The first-order valence-corrected chi connectivity index (χ1v) is 7.47. The van der Waals surface area contributed by atoms with Crippen molar-refractivity contribution in [3.63, 3.8) is 0 Å². The first-order valence-electron chi connectivity index (χ1n) is 5.23. The number of rotatable bonds is 4. The molecule has 0 aliphatic carbocycles. The highest BCUT2D eigenvalue weighted by atomic mass is 35.5. The van der Waals surface area contributed by atoms with Gasteiger partial charge in [0.2, 0.25) is 0 Å². The number of thioether (sulfide) groups is 1. The lowest BCUT2D eigenvalue weighted by molar-refractivity contribution is 0.0953. The summed E-state index contributed by atoms with van der Waals surface area (Å²) in [5.41, 5.74) is 9.35. The SMILES string of the molecule is NNC(=O)c1nc(CSc2ccc(Cl)cc2N)cs1. The maximum absolute atomic E-state index is 11.3. The first-order chi connectivity index (χ1) is 9.10. The molecule has 1 aromatic carbocycles. The third-order valence-corrected chi connectivity index (χ3v) is 4.47. The molecule has 0 unspecified atom stereocenters. The Morgan fingerprint density at radius 1 is 1.53 bits per heavy atom. The van der Waals surface area contributed by atoms with Crippen LogP contribution in [0.4, 0.5) is 5.69 Å². The second kappa shape index (κ2) is 6.25. The molecule has 0 aliphatic heterocycles. The van der Waals surface area contributed by atoms with E-state index in [2.05, 4.69) is 10.4 Å². The van der Waals surface area contributed by atoms with Crippen molar-refractivity contribution in [2.24, 2.45) is 5.84 Å². The van der Waals surface area contributed by atoms with E-state index in [4.69, 9.17) is 23.2 Å². The highest BCUT2D eigenvalue weighted by Crippen LogP contribution is 2.30. The summed E-state index contributed by atoms with van der Waals surface area (Å²) in [6.45, 7) is 0. The van der Waals surface area contributed by atoms with Crippen molar-refractivity contribution in [3.05, 3.63) is 39.3 Å². The number of nitrogens with two attached hydrogens (primary N) is 2. The Kier molecular flexibility index (Phi) is 4.65. The minimum absolute atomic E-state index is 0.349. The Morgan fingerprint density at radius 2 is 2.32 bits per heavy atom. The number of nitrogens with zero attached hydrogens (tertiary/aromatic N) is 1. The standard InChI is InChI=1S/C11H11ClN4OS2/c12-6-1-2-9(8(13)3-6)18-4-7-5-19-11(15-7)10(17)16-14/h1-3,5H,4,13-14H2,(H,16,17). The molecule has 0 radical (unpaired) electrons. The summed E-state index contributed by atoms with van der Waals surface area (Å²) in [5, 5.41) is 2.78. The van der Waals surface area contributed by atoms with Gasteiger partial charge < -0.3 is 5.73 Å². The maximum Gasteiger partial charge on any atom is 0.294 e. The molecule has 1 aromatic heterocycles. The first kappa shape index (κ1) is 14.1. The van der Waals surface area contributed by atoms with Crippen molar-refractivity contribution in [2.75, 3.05) is 5.73 Å². The van der Waals surface area contributed by atoms with Crippen LogP contribution in [-0.2, 0) is 5.75 Å². The molecule has 2 rings (SSSR count). The number of nitrogens with one attached hydrogen (secondary N) is 1. The Balaban J connectivity index is 2.02. The van der Waals surface area contributed by atoms with E-state index in [-0.39, 0.29) is 5.91 Å². The lowest BCUT2D eigenvalue weighted by atomic mass is 10.3. The van der Waals surface area contributed by atoms with E-state index in [1.165, 1.54) is 23.1 Å². The van der Waals surface area contributed by atoms with Gasteiger partial charge >= 0.3 is 0 Å². The van der Waals surface area contributed by atoms with Crippen LogP contribution in [0.5, 0.6) is 0 Å². The fourth-order valence-electron chi connectivity index (χ4n) is 1.34. The van der Waals surface area contributed by atoms with Gasteiger partial charge in [0.25, 0.3) is 5.91 Å². The van der Waals surface area contributed by atoms with E-state index in [1.807, 2.05) is 11.4 Å². The molecule has 8 heteroatoms. The molecule has 0 spiro atoms. The second-order valence-electron chi connectivity index (χ2n) is 3.59. The number of halogens is 1. The number of aromatic nitrogens is 1. The van der Waals surface area contributed by atoms with Gasteiger partial charge in [0.1, 0.15) is 0 Å². The van der Waals surface area contributed by atoms with E-state index in [0.717, 1.165) is 10.6 Å². The Morgan fingerprint density at radius 3 is 3.00 bits per heavy atom. The molecule has 2 aromatic rings. The highest BCUT2D eigenvalue weighted by molar-refractivity contribution is 7.98. The number of nitrogen functional groups attached to an aromatic ring is 2. The summed E-state index contributed by atoms with van der Waals surface area (Å²) in [5.74, 6) is 5.29. The van der Waals surface area contributed by atoms with Crippen molar-refractivity contribution < 1.29 is 4.79 Å². The van der Waals surface area contributed by atoms with Crippen molar-refractivity contribution >= 4 is 46.3 Å². The number of thiazole rings is 1. The monoisotopic (exact) mass is 314 g/mol. The summed E-state index contributed by atoms with van der Waals surface area (Å²) in [7, 11) is 0. The van der Waals surface area contributed by atoms with E-state index in [0.29, 0.717) is 21.5 Å². The summed E-state index contributed by atoms with van der Waals surface area (Å²) in [6.07, 6.45) is 0. The zero-order valence-corrected chi connectivity index (χ0v) is 12.1. The van der Waals surface area contributed by atoms with Crippen LogP contribution in [0, 0.1) is 0 Å². The molecule has 5 nitrogen and oxygen atoms in total. The number of carbonyl (C=O) groups is 1. The molecule has 5 N–H and O–H groups in total. The van der Waals surface area contributed by atoms with Crippen LogP contribution >= 0.6 is 34.7 Å². The van der Waals surface area contributed by atoms with Crippen LogP contribution in [0.15, 0.2) is 28.5 Å². The smallest absolute Gasteiger partial charge is 0.294 e. The van der Waals surface area contributed by atoms with Gasteiger partial charge in [0.15, 0.2) is 5.01 Å². The van der Waals surface area contributed by atoms with Crippen molar-refractivity contribution in [1.82, 2.24) is 10.4 Å². The van der Waals surface area contributed by atoms with Gasteiger partial charge in [0, 0.05) is 26.7 Å². The summed E-state index contributed by atoms with van der Waals surface area (Å²) < 4.78 is 0. The molecule has 100 valence electrons. The topological polar surface area (TPSA) is 94.0 Å². The summed E-state index contributed by atoms with van der Waals surface area (Å²) >= 11 is 8.63. The lowest BCUT2D eigenvalue weighted by Gasteiger charge is -2.04. The molecule has 0 atom stereocenters. The molecule has 19 heavy (non-hydrogen) atoms. The van der Waals surface area contributed by atoms with Crippen LogP contribution in [0.1, 0.15) is 15.5 Å². The Hall–Kier alpha value is -1.28. The molecule has 0 aliphatic rings. The van der Waals surface area contributed by atoms with Gasteiger partial charge in [-0.1, -0.05) is 11.6 Å². The molecule has 0 bridgehead atoms. The van der Waals surface area contributed by atoms with E-state index < -0.39 is 0 Å². The third kappa shape index (κ3) is 3.60. The van der Waals surface area contributed by atoms with Gasteiger partial charge in [-0.05, 0) is 18.2 Å². The number of hydrogen-bond acceptors (Lipinski definition) is 6. The van der Waals surface area contributed by atoms with Crippen LogP contribution in [0.25, 0.3) is 0 Å². The van der Waals surface area contributed by atoms with Crippen LogP contribution in [0.2, 0.25) is 5.02 Å². The zero-order valence-electron chi connectivity index (χ0n) is 9.72. The number of hydrazine groups is 1. The number of benzene rings is 1. The fourth-order valence-corrected chi connectivity index (χ4v) is 3.19. The van der Waals surface area contributed by atoms with E-state index >= 15 is 0 Å². The third-order valence-electron chi connectivity index (χ3n) is 2.22. The minimum atomic E-state index is -0.382. The van der Waals surface area contributed by atoms with Crippen molar-refractivity contribution in [1.29, 1.82) is 0 Å². The van der Waals surface area contributed by atoms with Gasteiger partial charge in [0.05, 0.1) is 5.69 Å². The normalized spacial score (nSPS) is 10.4. The number of hydrogen-bond donors (Lipinski definition) is 3. The second-order valence-corrected chi connectivity index (χ2v) is 5.90. The van der Waals surface area contributed by atoms with Crippen molar-refractivity contribution in [3.8, 4) is 0 Å². The minimum Gasteiger partial charge on any atom is -0.398 e. The predicted molar refractivity (Wildman–Crippen MR) is 79.2 cm³/mol. The van der Waals surface area contributed by atoms with Crippen molar-refractivity contribution in [2.45, 2.75) is 10.6 Å². The van der Waals surface area contributed by atoms with Crippen LogP contribution in [-0.4, -0.2) is 10.9 Å². The summed E-state index contributed by atoms with van der Waals surface area (Å²) in [6, 6.07) is 5.36. The highest BCUT2D eigenvalue weighted by Gasteiger charge is 2.10. The molecule has 0 fully saturated rings. The lowest BCUT2D eigenvalue weighted by Crippen LogP contribution is -2.29. The number of amides is 1. The summed E-state index contributed by atoms with van der Waals surface area (Å²) in [4.78, 5) is 16.4. The molecule has 0 saturated carbocycles. The molecule has 1 heterocycles. The van der Waals surface area contributed by atoms with Gasteiger partial charge in [-0.25, -0.2) is 10.8 Å². The maximum atomic E-state index is 11.3. The quantitative estimate of drug-likeness (QED) is 0.265. The van der Waals surface area contributed by atoms with E-state index in [9.17, 15) is 4.79 Å².